The molecule has 2 heterocycles. The van der Waals surface area contributed by atoms with Crippen molar-refractivity contribution >= 4 is 23.1 Å². The van der Waals surface area contributed by atoms with Crippen molar-refractivity contribution in [1.82, 2.24) is 5.16 Å². The zero-order chi connectivity index (χ0) is 15.8. The molecule has 118 valence electrons. The molecule has 1 aliphatic rings. The van der Waals surface area contributed by atoms with Gasteiger partial charge in [0.1, 0.15) is 0 Å². The van der Waals surface area contributed by atoms with E-state index in [0.29, 0.717) is 5.88 Å². The molecule has 1 fully saturated rings. The number of aromatic nitrogens is 1. The Hall–Kier alpha value is -1.62. The molecule has 22 heavy (non-hydrogen) atoms. The summed E-state index contributed by atoms with van der Waals surface area (Å²) in [5.41, 5.74) is 0.355. The Morgan fingerprint density at radius 2 is 2.09 bits per heavy atom. The minimum atomic E-state index is -0.400. The maximum absolute atomic E-state index is 12.9. The first-order valence-corrected chi connectivity index (χ1v) is 8.62. The second kappa shape index (κ2) is 5.54. The van der Waals surface area contributed by atoms with Crippen LogP contribution in [0.4, 0.5) is 5.88 Å². The Kier molecular flexibility index (Phi) is 3.85. The van der Waals surface area contributed by atoms with E-state index in [4.69, 9.17) is 4.52 Å². The Morgan fingerprint density at radius 1 is 1.36 bits per heavy atom. The van der Waals surface area contributed by atoms with Crippen LogP contribution in [0, 0.1) is 0 Å². The van der Waals surface area contributed by atoms with Gasteiger partial charge in [0.05, 0.1) is 11.1 Å². The van der Waals surface area contributed by atoms with Crippen molar-refractivity contribution in [2.45, 2.75) is 57.3 Å². The van der Waals surface area contributed by atoms with E-state index in [2.05, 4.69) is 37.3 Å². The zero-order valence-electron chi connectivity index (χ0n) is 13.3. The van der Waals surface area contributed by atoms with Crippen molar-refractivity contribution in [2.24, 2.45) is 0 Å². The van der Waals surface area contributed by atoms with Crippen molar-refractivity contribution in [1.29, 1.82) is 0 Å². The van der Waals surface area contributed by atoms with Gasteiger partial charge in [0.2, 0.25) is 11.8 Å². The molecule has 3 rings (SSSR count). The Balaban J connectivity index is 1.82. The number of anilines is 1. The quantitative estimate of drug-likeness (QED) is 0.907. The van der Waals surface area contributed by atoms with E-state index in [1.165, 1.54) is 0 Å². The summed E-state index contributed by atoms with van der Waals surface area (Å²) in [5.74, 6) is 0.474. The van der Waals surface area contributed by atoms with E-state index in [9.17, 15) is 4.79 Å². The summed E-state index contributed by atoms with van der Waals surface area (Å²) < 4.78 is 5.31. The van der Waals surface area contributed by atoms with Gasteiger partial charge in [-0.05, 0) is 24.3 Å². The molecule has 0 spiro atoms. The van der Waals surface area contributed by atoms with Crippen LogP contribution < -0.4 is 5.32 Å². The fourth-order valence-electron chi connectivity index (χ4n) is 3.03. The molecule has 2 aromatic rings. The molecule has 4 nitrogen and oxygen atoms in total. The van der Waals surface area contributed by atoms with Crippen molar-refractivity contribution in [3.05, 3.63) is 34.2 Å². The molecule has 1 N–H and O–H groups in total. The summed E-state index contributed by atoms with van der Waals surface area (Å²) in [5, 5.41) is 9.05. The number of hydrogen-bond donors (Lipinski definition) is 1. The highest BCUT2D eigenvalue weighted by Gasteiger charge is 2.44. The molecule has 1 aliphatic carbocycles. The van der Waals surface area contributed by atoms with Crippen LogP contribution in [0.5, 0.6) is 0 Å². The standard InChI is InChI=1S/C17H22N2O2S/c1-16(2,3)12-11-14(21-19-12)18-15(20)17(8-4-5-9-17)13-7-6-10-22-13/h6-7,10-11H,4-5,8-9H2,1-3H3,(H,18,20). The van der Waals surface area contributed by atoms with Crippen molar-refractivity contribution in [2.75, 3.05) is 5.32 Å². The molecular formula is C17H22N2O2S. The number of carbonyl (C=O) groups excluding carboxylic acids is 1. The Bertz CT molecular complexity index is 647. The molecule has 0 aliphatic heterocycles. The number of nitrogens with zero attached hydrogens (tertiary/aromatic N) is 1. The molecule has 0 atom stereocenters. The summed E-state index contributed by atoms with van der Waals surface area (Å²) in [6.45, 7) is 6.21. The number of hydrogen-bond acceptors (Lipinski definition) is 4. The average molecular weight is 318 g/mol. The molecule has 1 saturated carbocycles. The van der Waals surface area contributed by atoms with Crippen LogP contribution >= 0.6 is 11.3 Å². The molecule has 0 aromatic carbocycles. The number of carbonyl (C=O) groups is 1. The maximum atomic E-state index is 12.9. The van der Waals surface area contributed by atoms with E-state index >= 15 is 0 Å². The smallest absolute Gasteiger partial charge is 0.238 e. The third kappa shape index (κ3) is 2.70. The molecule has 2 aromatic heterocycles. The van der Waals surface area contributed by atoms with Crippen LogP contribution in [0.15, 0.2) is 28.1 Å². The lowest BCUT2D eigenvalue weighted by atomic mass is 9.83. The highest BCUT2D eigenvalue weighted by Crippen LogP contribution is 2.44. The van der Waals surface area contributed by atoms with Gasteiger partial charge in [-0.2, -0.15) is 0 Å². The van der Waals surface area contributed by atoms with E-state index in [0.717, 1.165) is 36.3 Å². The number of nitrogens with one attached hydrogen (secondary N) is 1. The molecule has 0 unspecified atom stereocenters. The fraction of sp³-hybridized carbons (Fsp3) is 0.529. The molecule has 0 bridgehead atoms. The van der Waals surface area contributed by atoms with Gasteiger partial charge in [0, 0.05) is 16.4 Å². The normalized spacial score (nSPS) is 17.6. The largest absolute Gasteiger partial charge is 0.338 e. The van der Waals surface area contributed by atoms with Gasteiger partial charge >= 0.3 is 0 Å². The minimum Gasteiger partial charge on any atom is -0.338 e. The monoisotopic (exact) mass is 318 g/mol. The van der Waals surface area contributed by atoms with Gasteiger partial charge < -0.3 is 4.52 Å². The third-order valence-electron chi connectivity index (χ3n) is 4.40. The van der Waals surface area contributed by atoms with Gasteiger partial charge in [0.25, 0.3) is 0 Å². The van der Waals surface area contributed by atoms with E-state index in [1.54, 1.807) is 11.3 Å². The van der Waals surface area contributed by atoms with Crippen molar-refractivity contribution < 1.29 is 9.32 Å². The predicted octanol–water partition coefficient (Wildman–Crippen LogP) is 4.48. The van der Waals surface area contributed by atoms with Crippen LogP contribution in [0.3, 0.4) is 0 Å². The van der Waals surface area contributed by atoms with Crippen molar-refractivity contribution in [3.63, 3.8) is 0 Å². The highest BCUT2D eigenvalue weighted by molar-refractivity contribution is 7.10. The summed E-state index contributed by atoms with van der Waals surface area (Å²) in [4.78, 5) is 14.1. The molecule has 1 amide bonds. The lowest BCUT2D eigenvalue weighted by molar-refractivity contribution is -0.121. The Labute approximate surface area is 134 Å². The minimum absolute atomic E-state index is 0.0315. The van der Waals surface area contributed by atoms with Crippen LogP contribution in [-0.4, -0.2) is 11.1 Å². The molecule has 5 heteroatoms. The van der Waals surface area contributed by atoms with E-state index in [1.807, 2.05) is 17.5 Å². The first kappa shape index (κ1) is 15.3. The summed E-state index contributed by atoms with van der Waals surface area (Å²) in [6.07, 6.45) is 3.99. The van der Waals surface area contributed by atoms with Crippen LogP contribution in [-0.2, 0) is 15.6 Å². The van der Waals surface area contributed by atoms with E-state index < -0.39 is 5.41 Å². The number of thiophene rings is 1. The van der Waals surface area contributed by atoms with Gasteiger partial charge in [-0.3, -0.25) is 10.1 Å². The maximum Gasteiger partial charge on any atom is 0.238 e. The second-order valence-corrected chi connectivity index (χ2v) is 7.99. The first-order valence-electron chi connectivity index (χ1n) is 7.74. The van der Waals surface area contributed by atoms with Gasteiger partial charge in [0.15, 0.2) is 0 Å². The van der Waals surface area contributed by atoms with Crippen molar-refractivity contribution in [3.8, 4) is 0 Å². The fourth-order valence-corrected chi connectivity index (χ4v) is 4.02. The van der Waals surface area contributed by atoms with Crippen LogP contribution in [0.2, 0.25) is 0 Å². The van der Waals surface area contributed by atoms with E-state index in [-0.39, 0.29) is 11.3 Å². The molecular weight excluding hydrogens is 296 g/mol. The zero-order valence-corrected chi connectivity index (χ0v) is 14.1. The molecule has 0 radical (unpaired) electrons. The van der Waals surface area contributed by atoms with Crippen LogP contribution in [0.25, 0.3) is 0 Å². The molecule has 0 saturated heterocycles. The second-order valence-electron chi connectivity index (χ2n) is 7.05. The number of amides is 1. The topological polar surface area (TPSA) is 55.1 Å². The lowest BCUT2D eigenvalue weighted by Crippen LogP contribution is -2.37. The summed E-state index contributed by atoms with van der Waals surface area (Å²) in [6, 6.07) is 5.91. The van der Waals surface area contributed by atoms with Gasteiger partial charge in [-0.25, -0.2) is 0 Å². The first-order chi connectivity index (χ1) is 10.4. The summed E-state index contributed by atoms with van der Waals surface area (Å²) in [7, 11) is 0. The SMILES string of the molecule is CC(C)(C)c1cc(NC(=O)C2(c3cccs3)CCCC2)on1. The Morgan fingerprint density at radius 3 is 2.64 bits per heavy atom. The predicted molar refractivity (Wildman–Crippen MR) is 88.3 cm³/mol. The number of rotatable bonds is 3. The van der Waals surface area contributed by atoms with Crippen LogP contribution in [0.1, 0.15) is 57.0 Å². The average Bonchev–Trinajstić information content (AvgIpc) is 3.19. The summed E-state index contributed by atoms with van der Waals surface area (Å²) >= 11 is 1.66. The highest BCUT2D eigenvalue weighted by atomic mass is 32.1. The lowest BCUT2D eigenvalue weighted by Gasteiger charge is -2.25. The van der Waals surface area contributed by atoms with Gasteiger partial charge in [-0.1, -0.05) is 44.8 Å². The third-order valence-corrected chi connectivity index (χ3v) is 5.47. The van der Waals surface area contributed by atoms with Gasteiger partial charge in [-0.15, -0.1) is 11.3 Å².